The van der Waals surface area contributed by atoms with Crippen LogP contribution in [0.1, 0.15) is 12.0 Å². The summed E-state index contributed by atoms with van der Waals surface area (Å²) in [5, 5.41) is 3.06. The number of para-hydroxylation sites is 1. The molecule has 0 atom stereocenters. The minimum atomic E-state index is 0. The SMILES string of the molecule is Cc1ccccc1OCCN=C(N)Nc1ccc2c(c1)OCCCO2.I. The first-order valence-corrected chi connectivity index (χ1v) is 8.37. The van der Waals surface area contributed by atoms with E-state index in [0.717, 1.165) is 34.9 Å². The summed E-state index contributed by atoms with van der Waals surface area (Å²) in [6, 6.07) is 13.5. The van der Waals surface area contributed by atoms with Gasteiger partial charge in [-0.25, -0.2) is 4.99 Å². The Hall–Kier alpha value is -2.16. The average molecular weight is 469 g/mol. The molecule has 2 aromatic carbocycles. The number of aryl methyl sites for hydroxylation is 1. The van der Waals surface area contributed by atoms with Gasteiger partial charge >= 0.3 is 0 Å². The average Bonchev–Trinajstić information content (AvgIpc) is 2.85. The predicted octanol–water partition coefficient (Wildman–Crippen LogP) is 3.58. The van der Waals surface area contributed by atoms with Crippen LogP contribution in [0.5, 0.6) is 17.2 Å². The molecule has 0 saturated carbocycles. The summed E-state index contributed by atoms with van der Waals surface area (Å²) in [5.74, 6) is 2.68. The van der Waals surface area contributed by atoms with Gasteiger partial charge in [-0.1, -0.05) is 18.2 Å². The lowest BCUT2D eigenvalue weighted by Crippen LogP contribution is -2.23. The van der Waals surface area contributed by atoms with E-state index in [1.54, 1.807) is 0 Å². The third kappa shape index (κ3) is 5.69. The van der Waals surface area contributed by atoms with Crippen molar-refractivity contribution in [3.05, 3.63) is 48.0 Å². The van der Waals surface area contributed by atoms with Crippen molar-refractivity contribution in [1.82, 2.24) is 0 Å². The number of benzene rings is 2. The zero-order valence-electron chi connectivity index (χ0n) is 14.7. The number of fused-ring (bicyclic) bond motifs is 1. The molecule has 0 aromatic heterocycles. The zero-order chi connectivity index (χ0) is 17.5. The number of anilines is 1. The number of halogens is 1. The van der Waals surface area contributed by atoms with Crippen molar-refractivity contribution in [2.75, 3.05) is 31.7 Å². The summed E-state index contributed by atoms with van der Waals surface area (Å²) < 4.78 is 17.0. The van der Waals surface area contributed by atoms with E-state index in [-0.39, 0.29) is 24.0 Å². The van der Waals surface area contributed by atoms with Crippen LogP contribution >= 0.6 is 24.0 Å². The molecule has 0 fully saturated rings. The number of aliphatic imine (C=N–C) groups is 1. The number of nitrogens with zero attached hydrogens (tertiary/aromatic N) is 1. The van der Waals surface area contributed by atoms with Crippen LogP contribution in [0.2, 0.25) is 0 Å². The Morgan fingerprint density at radius 3 is 2.73 bits per heavy atom. The van der Waals surface area contributed by atoms with E-state index in [0.29, 0.717) is 32.3 Å². The van der Waals surface area contributed by atoms with Gasteiger partial charge in [-0.05, 0) is 30.7 Å². The number of rotatable bonds is 5. The Morgan fingerprint density at radius 2 is 1.92 bits per heavy atom. The zero-order valence-corrected chi connectivity index (χ0v) is 17.1. The third-order valence-corrected chi connectivity index (χ3v) is 3.74. The Morgan fingerprint density at radius 1 is 1.15 bits per heavy atom. The fourth-order valence-corrected chi connectivity index (χ4v) is 2.47. The van der Waals surface area contributed by atoms with Gasteiger partial charge in [0.1, 0.15) is 12.4 Å². The lowest BCUT2D eigenvalue weighted by molar-refractivity contribution is 0.297. The molecule has 7 heteroatoms. The lowest BCUT2D eigenvalue weighted by Gasteiger charge is -2.11. The largest absolute Gasteiger partial charge is 0.491 e. The molecule has 26 heavy (non-hydrogen) atoms. The summed E-state index contributed by atoms with van der Waals surface area (Å²) in [7, 11) is 0. The highest BCUT2D eigenvalue weighted by molar-refractivity contribution is 14.0. The van der Waals surface area contributed by atoms with Crippen LogP contribution in [0, 0.1) is 6.92 Å². The van der Waals surface area contributed by atoms with E-state index >= 15 is 0 Å². The molecule has 0 bridgehead atoms. The quantitative estimate of drug-likeness (QED) is 0.303. The van der Waals surface area contributed by atoms with Crippen molar-refractivity contribution in [3.8, 4) is 17.2 Å². The van der Waals surface area contributed by atoms with Gasteiger partial charge in [0.15, 0.2) is 17.5 Å². The first kappa shape index (κ1) is 20.2. The maximum absolute atomic E-state index is 5.93. The van der Waals surface area contributed by atoms with Crippen molar-refractivity contribution in [3.63, 3.8) is 0 Å². The summed E-state index contributed by atoms with van der Waals surface area (Å²) in [5.41, 5.74) is 7.85. The van der Waals surface area contributed by atoms with Gasteiger partial charge in [-0.3, -0.25) is 0 Å². The van der Waals surface area contributed by atoms with Crippen LogP contribution in [0.15, 0.2) is 47.5 Å². The van der Waals surface area contributed by atoms with E-state index in [4.69, 9.17) is 19.9 Å². The summed E-state index contributed by atoms with van der Waals surface area (Å²) in [4.78, 5) is 4.28. The molecule has 140 valence electrons. The number of nitrogens with one attached hydrogen (secondary N) is 1. The topological polar surface area (TPSA) is 78.1 Å². The highest BCUT2D eigenvalue weighted by atomic mass is 127. The molecule has 6 nitrogen and oxygen atoms in total. The minimum Gasteiger partial charge on any atom is -0.491 e. The Labute approximate surface area is 170 Å². The van der Waals surface area contributed by atoms with Crippen molar-refractivity contribution in [1.29, 1.82) is 0 Å². The fraction of sp³-hybridized carbons (Fsp3) is 0.316. The molecule has 1 heterocycles. The molecule has 3 N–H and O–H groups in total. The van der Waals surface area contributed by atoms with Crippen LogP contribution in [-0.2, 0) is 0 Å². The molecule has 2 aromatic rings. The predicted molar refractivity (Wildman–Crippen MR) is 114 cm³/mol. The number of nitrogens with two attached hydrogens (primary N) is 1. The van der Waals surface area contributed by atoms with Crippen LogP contribution in [0.3, 0.4) is 0 Å². The van der Waals surface area contributed by atoms with Gasteiger partial charge in [0.2, 0.25) is 0 Å². The van der Waals surface area contributed by atoms with Crippen molar-refractivity contribution in [2.45, 2.75) is 13.3 Å². The normalized spacial score (nSPS) is 13.3. The second-order valence-corrected chi connectivity index (χ2v) is 5.72. The number of ether oxygens (including phenoxy) is 3. The van der Waals surface area contributed by atoms with Crippen molar-refractivity contribution < 1.29 is 14.2 Å². The third-order valence-electron chi connectivity index (χ3n) is 3.74. The summed E-state index contributed by atoms with van der Waals surface area (Å²) in [6.07, 6.45) is 0.877. The van der Waals surface area contributed by atoms with Gasteiger partial charge < -0.3 is 25.3 Å². The number of hydrogen-bond donors (Lipinski definition) is 2. The van der Waals surface area contributed by atoms with E-state index in [9.17, 15) is 0 Å². The van der Waals surface area contributed by atoms with Crippen molar-refractivity contribution >= 4 is 35.6 Å². The Kier molecular flexibility index (Phi) is 7.83. The highest BCUT2D eigenvalue weighted by Gasteiger charge is 2.10. The van der Waals surface area contributed by atoms with Gasteiger partial charge in [-0.15, -0.1) is 24.0 Å². The summed E-state index contributed by atoms with van der Waals surface area (Å²) >= 11 is 0. The number of hydrogen-bond acceptors (Lipinski definition) is 4. The van der Waals surface area contributed by atoms with E-state index < -0.39 is 0 Å². The molecule has 1 aliphatic rings. The van der Waals surface area contributed by atoms with Crippen LogP contribution in [0.25, 0.3) is 0 Å². The molecule has 0 radical (unpaired) electrons. The fourth-order valence-electron chi connectivity index (χ4n) is 2.47. The molecular formula is C19H24IN3O3. The van der Waals surface area contributed by atoms with Gasteiger partial charge in [0.05, 0.1) is 19.8 Å². The standard InChI is InChI=1S/C19H23N3O3.HI/c1-14-5-2-3-6-16(14)25-12-9-21-19(20)22-15-7-8-17-18(13-15)24-11-4-10-23-17;/h2-3,5-8,13H,4,9-12H2,1H3,(H3,20,21,22);1H. The van der Waals surface area contributed by atoms with Gasteiger partial charge in [-0.2, -0.15) is 0 Å². The lowest BCUT2D eigenvalue weighted by atomic mass is 10.2. The van der Waals surface area contributed by atoms with Crippen molar-refractivity contribution in [2.24, 2.45) is 10.7 Å². The first-order chi connectivity index (χ1) is 12.2. The molecule has 1 aliphatic heterocycles. The molecule has 0 saturated heterocycles. The minimum absolute atomic E-state index is 0. The Balaban J connectivity index is 0.00000243. The Bertz CT molecular complexity index is 753. The second-order valence-electron chi connectivity index (χ2n) is 5.72. The smallest absolute Gasteiger partial charge is 0.193 e. The van der Waals surface area contributed by atoms with Crippen LogP contribution in [-0.4, -0.2) is 32.3 Å². The van der Waals surface area contributed by atoms with Gasteiger partial charge in [0.25, 0.3) is 0 Å². The molecule has 0 amide bonds. The molecule has 3 rings (SSSR count). The molecule has 0 unspecified atom stereocenters. The van der Waals surface area contributed by atoms with Crippen LogP contribution < -0.4 is 25.3 Å². The second kappa shape index (κ2) is 10.1. The van der Waals surface area contributed by atoms with E-state index in [1.807, 2.05) is 49.4 Å². The maximum Gasteiger partial charge on any atom is 0.193 e. The molecular weight excluding hydrogens is 445 g/mol. The maximum atomic E-state index is 5.93. The molecule has 0 spiro atoms. The highest BCUT2D eigenvalue weighted by Crippen LogP contribution is 2.32. The van der Waals surface area contributed by atoms with Crippen LogP contribution in [0.4, 0.5) is 5.69 Å². The summed E-state index contributed by atoms with van der Waals surface area (Å²) in [6.45, 7) is 4.27. The number of guanidine groups is 1. The molecule has 0 aliphatic carbocycles. The van der Waals surface area contributed by atoms with E-state index in [2.05, 4.69) is 10.3 Å². The van der Waals surface area contributed by atoms with E-state index in [1.165, 1.54) is 0 Å². The van der Waals surface area contributed by atoms with Gasteiger partial charge in [0, 0.05) is 18.2 Å². The first-order valence-electron chi connectivity index (χ1n) is 8.37. The monoisotopic (exact) mass is 469 g/mol.